The van der Waals surface area contributed by atoms with Gasteiger partial charge in [0.25, 0.3) is 5.91 Å². The maximum Gasteiger partial charge on any atom is 0.266 e. The van der Waals surface area contributed by atoms with Crippen LogP contribution in [0.25, 0.3) is 11.3 Å². The molecule has 1 unspecified atom stereocenters. The van der Waals surface area contributed by atoms with E-state index in [4.69, 9.17) is 0 Å². The van der Waals surface area contributed by atoms with E-state index in [9.17, 15) is 18.2 Å². The van der Waals surface area contributed by atoms with Crippen LogP contribution in [0.15, 0.2) is 78.3 Å². The maximum atomic E-state index is 13.8. The van der Waals surface area contributed by atoms with Crippen LogP contribution < -0.4 is 15.6 Å². The van der Waals surface area contributed by atoms with Crippen LogP contribution in [0.2, 0.25) is 0 Å². The number of amides is 2. The van der Waals surface area contributed by atoms with E-state index in [0.29, 0.717) is 24.2 Å². The van der Waals surface area contributed by atoms with Gasteiger partial charge in [-0.3, -0.25) is 20.0 Å². The third kappa shape index (κ3) is 6.64. The summed E-state index contributed by atoms with van der Waals surface area (Å²) in [4.78, 5) is 30.6. The topological polar surface area (TPSA) is 100 Å². The molecular formula is C24H23FN4O3S. The molecule has 0 aliphatic rings. The quantitative estimate of drug-likeness (QED) is 0.333. The number of benzene rings is 2. The Balaban J connectivity index is 1.71. The van der Waals surface area contributed by atoms with E-state index in [0.717, 1.165) is 16.7 Å². The molecule has 3 N–H and O–H groups in total. The highest BCUT2D eigenvalue weighted by Gasteiger charge is 2.13. The number of hydrogen-bond acceptors (Lipinski definition) is 4. The molecule has 3 aromatic rings. The molecule has 0 saturated heterocycles. The van der Waals surface area contributed by atoms with Crippen LogP contribution in [0.4, 0.5) is 4.39 Å². The van der Waals surface area contributed by atoms with Gasteiger partial charge in [0.2, 0.25) is 5.91 Å². The second-order valence-electron chi connectivity index (χ2n) is 7.14. The van der Waals surface area contributed by atoms with Gasteiger partial charge in [-0.25, -0.2) is 8.60 Å². The fraction of sp³-hybridized carbons (Fsp3) is 0.125. The van der Waals surface area contributed by atoms with Gasteiger partial charge >= 0.3 is 0 Å². The van der Waals surface area contributed by atoms with E-state index in [2.05, 4.69) is 27.1 Å². The van der Waals surface area contributed by atoms with E-state index in [1.807, 2.05) is 25.1 Å². The van der Waals surface area contributed by atoms with E-state index in [1.165, 1.54) is 24.3 Å². The lowest BCUT2D eigenvalue weighted by Gasteiger charge is -2.11. The van der Waals surface area contributed by atoms with E-state index >= 15 is 0 Å². The van der Waals surface area contributed by atoms with Gasteiger partial charge in [0.15, 0.2) is 0 Å². The monoisotopic (exact) mass is 466 g/mol. The molecule has 0 radical (unpaired) electrons. The summed E-state index contributed by atoms with van der Waals surface area (Å²) in [5.74, 6) is -1.39. The first kappa shape index (κ1) is 24.0. The standard InChI is InChI=1S/C24H23FN4O3S/c1-3-23(30)27-11-9-17-8-10-26-21(14-17)18-12-16(2)13-19(15-18)24(31)28-29-33(32)22-7-5-4-6-20(22)25/h3-8,10,12-15,29H,1,9,11H2,2H3,(H,27,30)(H,28,31). The number of halogens is 1. The highest BCUT2D eigenvalue weighted by molar-refractivity contribution is 7.83. The van der Waals surface area contributed by atoms with Crippen molar-refractivity contribution >= 4 is 22.8 Å². The van der Waals surface area contributed by atoms with Crippen molar-refractivity contribution in [3.05, 3.63) is 96.0 Å². The summed E-state index contributed by atoms with van der Waals surface area (Å²) in [5, 5.41) is 2.73. The minimum Gasteiger partial charge on any atom is -0.352 e. The lowest BCUT2D eigenvalue weighted by molar-refractivity contribution is -0.116. The molecule has 3 rings (SSSR count). The number of nitrogens with one attached hydrogen (secondary N) is 3. The number of carbonyl (C=O) groups excluding carboxylic acids is 2. The van der Waals surface area contributed by atoms with Crippen LogP contribution in [0.5, 0.6) is 0 Å². The molecule has 7 nitrogen and oxygen atoms in total. The van der Waals surface area contributed by atoms with Gasteiger partial charge in [-0.15, -0.1) is 4.83 Å². The molecule has 0 spiro atoms. The summed E-state index contributed by atoms with van der Waals surface area (Å²) in [6.07, 6.45) is 3.50. The van der Waals surface area contributed by atoms with Crippen molar-refractivity contribution < 1.29 is 18.2 Å². The average molecular weight is 467 g/mol. The number of pyridine rings is 1. The molecule has 0 saturated carbocycles. The van der Waals surface area contributed by atoms with Crippen LogP contribution in [0.1, 0.15) is 21.5 Å². The largest absolute Gasteiger partial charge is 0.352 e. The predicted molar refractivity (Wildman–Crippen MR) is 125 cm³/mol. The molecule has 1 aromatic heterocycles. The van der Waals surface area contributed by atoms with Crippen LogP contribution >= 0.6 is 0 Å². The van der Waals surface area contributed by atoms with E-state index in [-0.39, 0.29) is 10.8 Å². The zero-order valence-electron chi connectivity index (χ0n) is 17.9. The first-order valence-electron chi connectivity index (χ1n) is 10.1. The number of nitrogens with zero attached hydrogens (tertiary/aromatic N) is 1. The smallest absolute Gasteiger partial charge is 0.266 e. The fourth-order valence-corrected chi connectivity index (χ4v) is 3.81. The van der Waals surface area contributed by atoms with Gasteiger partial charge in [-0.1, -0.05) is 18.7 Å². The van der Waals surface area contributed by atoms with Crippen LogP contribution in [0.3, 0.4) is 0 Å². The van der Waals surface area contributed by atoms with Crippen molar-refractivity contribution in [2.45, 2.75) is 18.2 Å². The van der Waals surface area contributed by atoms with Gasteiger partial charge in [0.1, 0.15) is 16.8 Å². The zero-order chi connectivity index (χ0) is 23.8. The molecule has 1 atom stereocenters. The molecule has 0 aliphatic heterocycles. The first-order chi connectivity index (χ1) is 15.9. The SMILES string of the molecule is C=CC(=O)NCCc1ccnc(-c2cc(C)cc(C(=O)NNS(=O)c3ccccc3F)c2)c1. The first-order valence-corrected chi connectivity index (χ1v) is 11.2. The summed E-state index contributed by atoms with van der Waals surface area (Å²) in [5.41, 5.74) is 5.89. The second kappa shape index (κ2) is 11.3. The van der Waals surface area contributed by atoms with Crippen molar-refractivity contribution in [3.63, 3.8) is 0 Å². The van der Waals surface area contributed by atoms with Gasteiger partial charge < -0.3 is 5.32 Å². The van der Waals surface area contributed by atoms with Crippen molar-refractivity contribution in [3.8, 4) is 11.3 Å². The molecule has 0 aliphatic carbocycles. The van der Waals surface area contributed by atoms with Crippen LogP contribution in [-0.2, 0) is 22.2 Å². The van der Waals surface area contributed by atoms with Crippen molar-refractivity contribution in [2.24, 2.45) is 0 Å². The summed E-state index contributed by atoms with van der Waals surface area (Å²) < 4.78 is 26.0. The van der Waals surface area contributed by atoms with Crippen molar-refractivity contribution in [1.82, 2.24) is 20.6 Å². The van der Waals surface area contributed by atoms with Gasteiger partial charge in [-0.2, -0.15) is 0 Å². The number of aryl methyl sites for hydroxylation is 1. The van der Waals surface area contributed by atoms with E-state index < -0.39 is 22.7 Å². The third-order valence-electron chi connectivity index (χ3n) is 4.65. The Morgan fingerprint density at radius 1 is 1.15 bits per heavy atom. The highest BCUT2D eigenvalue weighted by Crippen LogP contribution is 2.22. The summed E-state index contributed by atoms with van der Waals surface area (Å²) >= 11 is 0. The number of rotatable bonds is 9. The minimum absolute atomic E-state index is 0.0620. The highest BCUT2D eigenvalue weighted by atomic mass is 32.2. The third-order valence-corrected chi connectivity index (χ3v) is 5.67. The molecule has 9 heteroatoms. The average Bonchev–Trinajstić information content (AvgIpc) is 2.82. The molecule has 2 aromatic carbocycles. The lowest BCUT2D eigenvalue weighted by atomic mass is 10.0. The molecule has 170 valence electrons. The maximum absolute atomic E-state index is 13.8. The number of hydrogen-bond donors (Lipinski definition) is 3. The van der Waals surface area contributed by atoms with Gasteiger partial charge in [0, 0.05) is 23.9 Å². The number of hydrazine groups is 1. The Hall–Kier alpha value is -3.69. The van der Waals surface area contributed by atoms with Crippen LogP contribution in [0, 0.1) is 12.7 Å². The molecular weight excluding hydrogens is 443 g/mol. The van der Waals surface area contributed by atoms with E-state index in [1.54, 1.807) is 24.4 Å². The van der Waals surface area contributed by atoms with Gasteiger partial charge in [-0.05, 0) is 73.0 Å². The van der Waals surface area contributed by atoms with Crippen LogP contribution in [-0.4, -0.2) is 27.6 Å². The Kier molecular flexibility index (Phi) is 8.17. The summed E-state index contributed by atoms with van der Waals surface area (Å²) in [6, 6.07) is 14.6. The minimum atomic E-state index is -1.95. The number of carbonyl (C=O) groups is 2. The van der Waals surface area contributed by atoms with Crippen molar-refractivity contribution in [1.29, 1.82) is 0 Å². The Morgan fingerprint density at radius 3 is 2.70 bits per heavy atom. The number of aromatic nitrogens is 1. The molecule has 2 amide bonds. The normalized spacial score (nSPS) is 11.5. The summed E-state index contributed by atoms with van der Waals surface area (Å²) in [7, 11) is -1.95. The Bertz CT molecular complexity index is 1220. The molecule has 0 bridgehead atoms. The molecule has 1 heterocycles. The molecule has 33 heavy (non-hydrogen) atoms. The Labute approximate surface area is 193 Å². The van der Waals surface area contributed by atoms with Gasteiger partial charge in [0.05, 0.1) is 10.6 Å². The molecule has 0 fully saturated rings. The fourth-order valence-electron chi connectivity index (χ4n) is 3.07. The summed E-state index contributed by atoms with van der Waals surface area (Å²) in [6.45, 7) is 5.73. The zero-order valence-corrected chi connectivity index (χ0v) is 18.7. The second-order valence-corrected chi connectivity index (χ2v) is 8.32. The van der Waals surface area contributed by atoms with Crippen molar-refractivity contribution in [2.75, 3.05) is 6.54 Å². The lowest BCUT2D eigenvalue weighted by Crippen LogP contribution is -2.38. The predicted octanol–water partition coefficient (Wildman–Crippen LogP) is 3.00. The Morgan fingerprint density at radius 2 is 1.94 bits per heavy atom.